The van der Waals surface area contributed by atoms with Crippen molar-refractivity contribution >= 4 is 29.9 Å². The lowest BCUT2D eigenvalue weighted by Crippen LogP contribution is -2.37. The van der Waals surface area contributed by atoms with E-state index in [9.17, 15) is 0 Å². The third-order valence-corrected chi connectivity index (χ3v) is 4.12. The molecule has 0 saturated heterocycles. The van der Waals surface area contributed by atoms with E-state index in [1.54, 1.807) is 0 Å². The number of nitrogens with one attached hydrogen (secondary N) is 1. The summed E-state index contributed by atoms with van der Waals surface area (Å²) in [6.45, 7) is 1.54. The van der Waals surface area contributed by atoms with Crippen molar-refractivity contribution in [3.8, 4) is 11.3 Å². The highest BCUT2D eigenvalue weighted by molar-refractivity contribution is 14.0. The Balaban J connectivity index is 0.00000192. The summed E-state index contributed by atoms with van der Waals surface area (Å²) >= 11 is 0. The Morgan fingerprint density at radius 3 is 2.78 bits per heavy atom. The highest BCUT2D eigenvalue weighted by Crippen LogP contribution is 2.25. The summed E-state index contributed by atoms with van der Waals surface area (Å²) in [5, 5.41) is 3.22. The van der Waals surface area contributed by atoms with Gasteiger partial charge in [0.15, 0.2) is 5.96 Å². The van der Waals surface area contributed by atoms with Gasteiger partial charge in [-0.1, -0.05) is 30.7 Å². The zero-order chi connectivity index (χ0) is 15.2. The number of nitrogens with two attached hydrogens (primary N) is 1. The van der Waals surface area contributed by atoms with Crippen LogP contribution in [0.3, 0.4) is 0 Å². The van der Waals surface area contributed by atoms with Gasteiger partial charge in [-0.3, -0.25) is 4.98 Å². The van der Waals surface area contributed by atoms with Crippen LogP contribution in [-0.2, 0) is 6.54 Å². The highest BCUT2D eigenvalue weighted by atomic mass is 127. The van der Waals surface area contributed by atoms with Gasteiger partial charge < -0.3 is 11.1 Å². The van der Waals surface area contributed by atoms with E-state index < -0.39 is 0 Å². The van der Waals surface area contributed by atoms with Gasteiger partial charge in [-0.15, -0.1) is 24.0 Å². The molecule has 1 saturated carbocycles. The Morgan fingerprint density at radius 1 is 1.22 bits per heavy atom. The molecule has 23 heavy (non-hydrogen) atoms. The lowest BCUT2D eigenvalue weighted by Gasteiger charge is -2.25. The monoisotopic (exact) mass is 422 g/mol. The molecule has 0 amide bonds. The standard InChI is InChI=1S/C18H22N4.HI/c19-18(21-12-14-5-3-6-14)22-13-15-7-4-8-16(11-15)17-9-1-2-10-20-17;/h1-2,4,7-11,14H,3,5-6,12-13H2,(H3,19,21,22);1H. The Kier molecular flexibility index (Phi) is 6.83. The molecule has 0 atom stereocenters. The van der Waals surface area contributed by atoms with Gasteiger partial charge in [0, 0.05) is 18.3 Å². The van der Waals surface area contributed by atoms with Crippen molar-refractivity contribution in [2.24, 2.45) is 16.6 Å². The first kappa shape index (κ1) is 17.7. The van der Waals surface area contributed by atoms with Crippen LogP contribution < -0.4 is 11.1 Å². The van der Waals surface area contributed by atoms with Crippen LogP contribution >= 0.6 is 24.0 Å². The van der Waals surface area contributed by atoms with Crippen molar-refractivity contribution in [2.75, 3.05) is 6.54 Å². The molecule has 3 rings (SSSR count). The SMILES string of the molecule is I.NC(=NCc1cccc(-c2ccccn2)c1)NCC1CCC1. The predicted octanol–water partition coefficient (Wildman–Crippen LogP) is 3.57. The molecule has 2 aromatic rings. The van der Waals surface area contributed by atoms with Crippen LogP contribution in [0.25, 0.3) is 11.3 Å². The second kappa shape index (κ2) is 8.86. The molecule has 3 N–H and O–H groups in total. The smallest absolute Gasteiger partial charge is 0.188 e. The third kappa shape index (κ3) is 5.20. The topological polar surface area (TPSA) is 63.3 Å². The number of aromatic nitrogens is 1. The second-order valence-electron chi connectivity index (χ2n) is 5.79. The molecule has 0 spiro atoms. The zero-order valence-electron chi connectivity index (χ0n) is 13.1. The van der Waals surface area contributed by atoms with E-state index in [4.69, 9.17) is 5.73 Å². The largest absolute Gasteiger partial charge is 0.370 e. The molecule has 1 heterocycles. The second-order valence-corrected chi connectivity index (χ2v) is 5.79. The van der Waals surface area contributed by atoms with E-state index in [0.717, 1.165) is 29.3 Å². The Morgan fingerprint density at radius 2 is 2.09 bits per heavy atom. The molecule has 5 heteroatoms. The lowest BCUT2D eigenvalue weighted by molar-refractivity contribution is 0.315. The summed E-state index contributed by atoms with van der Waals surface area (Å²) in [6.07, 6.45) is 5.78. The van der Waals surface area contributed by atoms with Gasteiger partial charge in [0.05, 0.1) is 12.2 Å². The minimum atomic E-state index is 0. The van der Waals surface area contributed by atoms with Crippen LogP contribution in [0.4, 0.5) is 0 Å². The Bertz CT molecular complexity index is 638. The molecule has 0 unspecified atom stereocenters. The summed E-state index contributed by atoms with van der Waals surface area (Å²) in [6, 6.07) is 14.2. The van der Waals surface area contributed by atoms with Gasteiger partial charge in [0.25, 0.3) is 0 Å². The van der Waals surface area contributed by atoms with Gasteiger partial charge in [0.1, 0.15) is 0 Å². The van der Waals surface area contributed by atoms with Gasteiger partial charge in [-0.2, -0.15) is 0 Å². The first-order valence-corrected chi connectivity index (χ1v) is 7.85. The number of nitrogens with zero attached hydrogens (tertiary/aromatic N) is 2. The molecule has 1 aliphatic rings. The maximum atomic E-state index is 5.92. The van der Waals surface area contributed by atoms with Crippen molar-refractivity contribution in [1.82, 2.24) is 10.3 Å². The van der Waals surface area contributed by atoms with Gasteiger partial charge in [0.2, 0.25) is 0 Å². The molecule has 122 valence electrons. The van der Waals surface area contributed by atoms with Gasteiger partial charge in [-0.25, -0.2) is 4.99 Å². The van der Waals surface area contributed by atoms with Crippen molar-refractivity contribution in [1.29, 1.82) is 0 Å². The number of benzene rings is 1. The Hall–Kier alpha value is -1.63. The van der Waals surface area contributed by atoms with E-state index in [-0.39, 0.29) is 24.0 Å². The summed E-state index contributed by atoms with van der Waals surface area (Å²) in [5.74, 6) is 1.32. The van der Waals surface area contributed by atoms with Crippen LogP contribution in [0.5, 0.6) is 0 Å². The predicted molar refractivity (Wildman–Crippen MR) is 106 cm³/mol. The number of guanidine groups is 1. The van der Waals surface area contributed by atoms with Crippen LogP contribution in [0, 0.1) is 5.92 Å². The number of rotatable bonds is 5. The average Bonchev–Trinajstić information content (AvgIpc) is 2.53. The van der Waals surface area contributed by atoms with E-state index in [1.165, 1.54) is 19.3 Å². The minimum absolute atomic E-state index is 0. The van der Waals surface area contributed by atoms with Gasteiger partial charge >= 0.3 is 0 Å². The first-order valence-electron chi connectivity index (χ1n) is 7.85. The lowest BCUT2D eigenvalue weighted by atomic mass is 9.85. The number of halogens is 1. The fourth-order valence-corrected chi connectivity index (χ4v) is 2.54. The number of pyridine rings is 1. The number of hydrogen-bond donors (Lipinski definition) is 2. The van der Waals surface area contributed by atoms with E-state index >= 15 is 0 Å². The molecule has 4 nitrogen and oxygen atoms in total. The van der Waals surface area contributed by atoms with Crippen LogP contribution in [0.2, 0.25) is 0 Å². The van der Waals surface area contributed by atoms with Crippen molar-refractivity contribution < 1.29 is 0 Å². The summed E-state index contributed by atoms with van der Waals surface area (Å²) in [5.41, 5.74) is 9.14. The van der Waals surface area contributed by atoms with Gasteiger partial charge in [-0.05, 0) is 42.5 Å². The molecule has 1 aromatic carbocycles. The van der Waals surface area contributed by atoms with Crippen LogP contribution in [0.15, 0.2) is 53.7 Å². The molecule has 1 aromatic heterocycles. The first-order chi connectivity index (χ1) is 10.8. The number of aliphatic imine (C=N–C) groups is 1. The summed E-state index contributed by atoms with van der Waals surface area (Å²) in [4.78, 5) is 8.80. The molecule has 1 fully saturated rings. The molecule has 0 bridgehead atoms. The minimum Gasteiger partial charge on any atom is -0.370 e. The van der Waals surface area contributed by atoms with E-state index in [2.05, 4.69) is 33.5 Å². The maximum Gasteiger partial charge on any atom is 0.188 e. The fourth-order valence-electron chi connectivity index (χ4n) is 2.54. The normalized spacial score (nSPS) is 14.7. The van der Waals surface area contributed by atoms with Crippen LogP contribution in [0.1, 0.15) is 24.8 Å². The van der Waals surface area contributed by atoms with Crippen molar-refractivity contribution in [3.63, 3.8) is 0 Å². The fraction of sp³-hybridized carbons (Fsp3) is 0.333. The highest BCUT2D eigenvalue weighted by Gasteiger charge is 2.16. The maximum absolute atomic E-state index is 5.92. The molecule has 1 aliphatic carbocycles. The summed E-state index contributed by atoms with van der Waals surface area (Å²) in [7, 11) is 0. The average molecular weight is 422 g/mol. The Labute approximate surface area is 154 Å². The zero-order valence-corrected chi connectivity index (χ0v) is 15.4. The van der Waals surface area contributed by atoms with Crippen molar-refractivity contribution in [2.45, 2.75) is 25.8 Å². The van der Waals surface area contributed by atoms with E-state index in [1.807, 2.05) is 30.5 Å². The molecular weight excluding hydrogens is 399 g/mol. The number of hydrogen-bond acceptors (Lipinski definition) is 2. The van der Waals surface area contributed by atoms with Crippen molar-refractivity contribution in [3.05, 3.63) is 54.2 Å². The molecular formula is C18H23IN4. The third-order valence-electron chi connectivity index (χ3n) is 4.12. The van der Waals surface area contributed by atoms with Crippen LogP contribution in [-0.4, -0.2) is 17.5 Å². The quantitative estimate of drug-likeness (QED) is 0.440. The molecule has 0 radical (unpaired) electrons. The molecule has 0 aliphatic heterocycles. The van der Waals surface area contributed by atoms with E-state index in [0.29, 0.717) is 12.5 Å². The summed E-state index contributed by atoms with van der Waals surface area (Å²) < 4.78 is 0.